The van der Waals surface area contributed by atoms with Crippen LogP contribution in [0.4, 0.5) is 0 Å². The van der Waals surface area contributed by atoms with E-state index in [2.05, 4.69) is 9.35 Å². The molecule has 0 aliphatic carbocycles. The zero-order chi connectivity index (χ0) is 9.19. The second-order valence-corrected chi connectivity index (χ2v) is 6.52. The quantitative estimate of drug-likeness (QED) is 0.735. The topological polar surface area (TPSA) is 42.3 Å². The Hall–Kier alpha value is -0.420. The van der Waals surface area contributed by atoms with Crippen LogP contribution >= 0.6 is 11.3 Å². The first-order valence-corrected chi connectivity index (χ1v) is 6.43. The van der Waals surface area contributed by atoms with Crippen molar-refractivity contribution in [1.29, 1.82) is 0 Å². The molecule has 1 aromatic rings. The van der Waals surface area contributed by atoms with Crippen LogP contribution in [0.2, 0.25) is 0 Å². The Morgan fingerprint density at radius 1 is 1.75 bits per heavy atom. The summed E-state index contributed by atoms with van der Waals surface area (Å²) in [7, 11) is -0.420. The smallest absolute Gasteiger partial charge is 0.0897 e. The van der Waals surface area contributed by atoms with Gasteiger partial charge in [0.2, 0.25) is 0 Å². The number of rotatable bonds is 2. The molecule has 1 heterocycles. The zero-order valence-electron chi connectivity index (χ0n) is 7.40. The summed E-state index contributed by atoms with van der Waals surface area (Å²) in [6.45, 7) is 1.94. The van der Waals surface area contributed by atoms with Gasteiger partial charge in [0.1, 0.15) is 0 Å². The highest BCUT2D eigenvalue weighted by Crippen LogP contribution is 2.14. The molecule has 0 aliphatic heterocycles. The Bertz CT molecular complexity index is 375. The highest BCUT2D eigenvalue weighted by molar-refractivity contribution is 7.92. The lowest BCUT2D eigenvalue weighted by Gasteiger charge is -1.97. The van der Waals surface area contributed by atoms with Crippen molar-refractivity contribution in [1.82, 2.24) is 4.98 Å². The number of aryl methyl sites for hydroxylation is 1. The lowest BCUT2D eigenvalue weighted by atomic mass is 10.6. The van der Waals surface area contributed by atoms with Crippen LogP contribution in [-0.2, 0) is 15.5 Å². The molecule has 1 atom stereocenters. The van der Waals surface area contributed by atoms with Gasteiger partial charge in [-0.15, -0.1) is 11.3 Å². The van der Waals surface area contributed by atoms with E-state index in [4.69, 9.17) is 0 Å². The first kappa shape index (κ1) is 9.67. The molecule has 1 aromatic heterocycles. The molecule has 0 aliphatic rings. The first-order valence-electron chi connectivity index (χ1n) is 3.53. The maximum atomic E-state index is 11.5. The third kappa shape index (κ3) is 2.57. The highest BCUT2D eigenvalue weighted by Gasteiger charge is 2.04. The SMILES string of the molecule is CN=S(C)(=O)Cc1cnc(C)s1. The molecule has 0 saturated heterocycles. The van der Waals surface area contributed by atoms with Crippen LogP contribution in [0, 0.1) is 6.92 Å². The fourth-order valence-corrected chi connectivity index (χ4v) is 3.01. The van der Waals surface area contributed by atoms with Crippen molar-refractivity contribution in [3.63, 3.8) is 0 Å². The molecular formula is C7H12N2OS2. The third-order valence-corrected chi connectivity index (χ3v) is 4.18. The number of hydrogen-bond acceptors (Lipinski definition) is 4. The number of nitrogens with zero attached hydrogens (tertiary/aromatic N) is 2. The monoisotopic (exact) mass is 204 g/mol. The maximum absolute atomic E-state index is 11.5. The van der Waals surface area contributed by atoms with Crippen LogP contribution in [0.15, 0.2) is 10.6 Å². The summed E-state index contributed by atoms with van der Waals surface area (Å²) in [6, 6.07) is 0. The third-order valence-electron chi connectivity index (χ3n) is 1.47. The minimum Gasteiger partial charge on any atom is -0.250 e. The van der Waals surface area contributed by atoms with Crippen molar-refractivity contribution < 1.29 is 4.21 Å². The normalized spacial score (nSPS) is 15.6. The molecule has 68 valence electrons. The summed E-state index contributed by atoms with van der Waals surface area (Å²) in [5.41, 5.74) is 0. The molecule has 0 bridgehead atoms. The molecule has 0 fully saturated rings. The summed E-state index contributed by atoms with van der Waals surface area (Å²) in [5, 5.41) is 1.01. The Labute approximate surface area is 77.0 Å². The average molecular weight is 204 g/mol. The van der Waals surface area contributed by atoms with Crippen molar-refractivity contribution in [2.75, 3.05) is 13.3 Å². The molecule has 0 spiro atoms. The molecule has 3 nitrogen and oxygen atoms in total. The van der Waals surface area contributed by atoms with E-state index in [1.807, 2.05) is 6.92 Å². The van der Waals surface area contributed by atoms with Gasteiger partial charge in [-0.2, -0.15) is 0 Å². The van der Waals surface area contributed by atoms with Gasteiger partial charge in [-0.25, -0.2) is 13.6 Å². The van der Waals surface area contributed by atoms with Gasteiger partial charge in [-0.05, 0) is 6.92 Å². The summed E-state index contributed by atoms with van der Waals surface area (Å²) < 4.78 is 15.4. The van der Waals surface area contributed by atoms with E-state index in [1.54, 1.807) is 30.8 Å². The minimum absolute atomic E-state index is 0.523. The Balaban J connectivity index is 2.85. The Morgan fingerprint density at radius 2 is 2.42 bits per heavy atom. The fraction of sp³-hybridized carbons (Fsp3) is 0.571. The molecule has 0 saturated carbocycles. The first-order chi connectivity index (χ1) is 5.53. The van der Waals surface area contributed by atoms with E-state index in [9.17, 15) is 4.21 Å². The highest BCUT2D eigenvalue weighted by atomic mass is 32.2. The van der Waals surface area contributed by atoms with Gasteiger partial charge in [0, 0.05) is 34.1 Å². The molecule has 0 radical (unpaired) electrons. The van der Waals surface area contributed by atoms with Gasteiger partial charge < -0.3 is 0 Å². The summed E-state index contributed by atoms with van der Waals surface area (Å²) in [4.78, 5) is 5.13. The average Bonchev–Trinajstić information content (AvgIpc) is 2.35. The Morgan fingerprint density at radius 3 is 2.83 bits per heavy atom. The minimum atomic E-state index is -2.01. The van der Waals surface area contributed by atoms with Gasteiger partial charge in [-0.1, -0.05) is 0 Å². The van der Waals surface area contributed by atoms with Crippen molar-refractivity contribution in [2.45, 2.75) is 12.7 Å². The largest absolute Gasteiger partial charge is 0.250 e. The van der Waals surface area contributed by atoms with Crippen LogP contribution in [0.3, 0.4) is 0 Å². The lowest BCUT2D eigenvalue weighted by molar-refractivity contribution is 0.680. The van der Waals surface area contributed by atoms with Gasteiger partial charge >= 0.3 is 0 Å². The van der Waals surface area contributed by atoms with E-state index >= 15 is 0 Å². The summed E-state index contributed by atoms with van der Waals surface area (Å²) in [5.74, 6) is 0.523. The number of thiazole rings is 1. The van der Waals surface area contributed by atoms with Gasteiger partial charge in [0.15, 0.2) is 0 Å². The molecule has 0 amide bonds. The maximum Gasteiger partial charge on any atom is 0.0897 e. The van der Waals surface area contributed by atoms with Crippen LogP contribution in [0.25, 0.3) is 0 Å². The van der Waals surface area contributed by atoms with Crippen molar-refractivity contribution in [3.05, 3.63) is 16.1 Å². The molecule has 0 aromatic carbocycles. The zero-order valence-corrected chi connectivity index (χ0v) is 9.04. The van der Waals surface area contributed by atoms with Crippen LogP contribution in [-0.4, -0.2) is 22.5 Å². The Kier molecular flexibility index (Phi) is 2.85. The van der Waals surface area contributed by atoms with Crippen LogP contribution in [0.1, 0.15) is 9.88 Å². The lowest BCUT2D eigenvalue weighted by Crippen LogP contribution is -1.98. The van der Waals surface area contributed by atoms with E-state index in [0.717, 1.165) is 9.88 Å². The van der Waals surface area contributed by atoms with Crippen LogP contribution in [0.5, 0.6) is 0 Å². The predicted molar refractivity (Wildman–Crippen MR) is 53.0 cm³/mol. The molecule has 12 heavy (non-hydrogen) atoms. The van der Waals surface area contributed by atoms with Crippen molar-refractivity contribution >= 4 is 21.1 Å². The summed E-state index contributed by atoms with van der Waals surface area (Å²) >= 11 is 1.58. The number of hydrogen-bond donors (Lipinski definition) is 0. The molecule has 5 heteroatoms. The number of aromatic nitrogens is 1. The second kappa shape index (κ2) is 3.53. The van der Waals surface area contributed by atoms with E-state index in [1.165, 1.54) is 0 Å². The van der Waals surface area contributed by atoms with Gasteiger partial charge in [0.05, 0.1) is 10.8 Å². The molecule has 0 N–H and O–H groups in total. The van der Waals surface area contributed by atoms with Crippen LogP contribution < -0.4 is 0 Å². The van der Waals surface area contributed by atoms with Gasteiger partial charge in [0.25, 0.3) is 0 Å². The van der Waals surface area contributed by atoms with E-state index in [0.29, 0.717) is 5.75 Å². The fourth-order valence-electron chi connectivity index (χ4n) is 0.801. The van der Waals surface area contributed by atoms with Crippen molar-refractivity contribution in [2.24, 2.45) is 4.36 Å². The predicted octanol–water partition coefficient (Wildman–Crippen LogP) is 1.68. The molecule has 1 unspecified atom stereocenters. The molecule has 1 rings (SSSR count). The standard InChI is InChI=1S/C7H12N2OS2/c1-6-9-4-7(11-6)5-12(3,10)8-2/h4H,5H2,1-3H3. The summed E-state index contributed by atoms with van der Waals surface area (Å²) in [6.07, 6.45) is 3.44. The second-order valence-electron chi connectivity index (χ2n) is 2.63. The van der Waals surface area contributed by atoms with Gasteiger partial charge in [-0.3, -0.25) is 0 Å². The van der Waals surface area contributed by atoms with E-state index in [-0.39, 0.29) is 0 Å². The molecular weight excluding hydrogens is 192 g/mol. The van der Waals surface area contributed by atoms with E-state index < -0.39 is 9.73 Å². The van der Waals surface area contributed by atoms with Crippen molar-refractivity contribution in [3.8, 4) is 0 Å².